The third kappa shape index (κ3) is 3.31. The number of rotatable bonds is 4. The first-order valence-electron chi connectivity index (χ1n) is 6.43. The Bertz CT molecular complexity index is 394. The van der Waals surface area contributed by atoms with E-state index >= 15 is 0 Å². The Kier molecular flexibility index (Phi) is 4.33. The zero-order valence-corrected chi connectivity index (χ0v) is 10.5. The maximum atomic E-state index is 12.0. The minimum atomic E-state index is -0.462. The van der Waals surface area contributed by atoms with Crippen molar-refractivity contribution < 1.29 is 9.90 Å². The Morgan fingerprint density at radius 1 is 1.44 bits per heavy atom. The number of benzene rings is 1. The first kappa shape index (κ1) is 13.1. The van der Waals surface area contributed by atoms with Gasteiger partial charge in [-0.05, 0) is 24.8 Å². The number of aliphatic hydroxyl groups is 1. The minimum Gasteiger partial charge on any atom is -0.391 e. The molecule has 1 aliphatic heterocycles. The summed E-state index contributed by atoms with van der Waals surface area (Å²) in [7, 11) is 0. The molecule has 98 valence electrons. The molecule has 0 aliphatic carbocycles. The first-order valence-corrected chi connectivity index (χ1v) is 6.43. The Morgan fingerprint density at radius 3 is 2.78 bits per heavy atom. The van der Waals surface area contributed by atoms with E-state index in [1.54, 1.807) is 4.90 Å². The lowest BCUT2D eigenvalue weighted by Crippen LogP contribution is -2.43. The monoisotopic (exact) mass is 248 g/mol. The summed E-state index contributed by atoms with van der Waals surface area (Å²) in [6.45, 7) is 1.05. The van der Waals surface area contributed by atoms with Crippen molar-refractivity contribution in [1.29, 1.82) is 0 Å². The van der Waals surface area contributed by atoms with Crippen molar-refractivity contribution in [2.45, 2.75) is 31.4 Å². The number of nitrogens with two attached hydrogens (primary N) is 1. The fourth-order valence-electron chi connectivity index (χ4n) is 2.27. The molecule has 1 saturated heterocycles. The van der Waals surface area contributed by atoms with Crippen LogP contribution >= 0.6 is 0 Å². The van der Waals surface area contributed by atoms with E-state index in [4.69, 9.17) is 5.73 Å². The quantitative estimate of drug-likeness (QED) is 0.817. The molecule has 1 amide bonds. The van der Waals surface area contributed by atoms with Gasteiger partial charge < -0.3 is 15.7 Å². The van der Waals surface area contributed by atoms with E-state index in [1.165, 1.54) is 5.56 Å². The van der Waals surface area contributed by atoms with Gasteiger partial charge in [0.1, 0.15) is 0 Å². The van der Waals surface area contributed by atoms with Gasteiger partial charge in [-0.2, -0.15) is 0 Å². The molecule has 4 nitrogen and oxygen atoms in total. The van der Waals surface area contributed by atoms with Gasteiger partial charge >= 0.3 is 0 Å². The third-order valence-electron chi connectivity index (χ3n) is 3.38. The lowest BCUT2D eigenvalue weighted by Gasteiger charge is -2.20. The van der Waals surface area contributed by atoms with E-state index in [9.17, 15) is 9.90 Å². The van der Waals surface area contributed by atoms with E-state index in [0.717, 1.165) is 6.42 Å². The molecule has 0 radical (unpaired) electrons. The molecule has 4 heteroatoms. The van der Waals surface area contributed by atoms with Crippen molar-refractivity contribution in [3.05, 3.63) is 35.9 Å². The van der Waals surface area contributed by atoms with E-state index in [1.807, 2.05) is 30.3 Å². The summed E-state index contributed by atoms with van der Waals surface area (Å²) in [5, 5.41) is 9.40. The number of hydrogen-bond acceptors (Lipinski definition) is 3. The second-order valence-electron chi connectivity index (χ2n) is 4.86. The number of likely N-dealkylation sites (tertiary alicyclic amines) is 1. The van der Waals surface area contributed by atoms with Crippen LogP contribution in [0.5, 0.6) is 0 Å². The largest absolute Gasteiger partial charge is 0.391 e. The lowest BCUT2D eigenvalue weighted by molar-refractivity contribution is -0.132. The fourth-order valence-corrected chi connectivity index (χ4v) is 2.27. The van der Waals surface area contributed by atoms with Gasteiger partial charge in [0.2, 0.25) is 5.91 Å². The van der Waals surface area contributed by atoms with Gasteiger partial charge in [-0.1, -0.05) is 30.3 Å². The lowest BCUT2D eigenvalue weighted by atomic mass is 10.1. The topological polar surface area (TPSA) is 66.6 Å². The zero-order chi connectivity index (χ0) is 13.0. The molecule has 0 aromatic heterocycles. The summed E-state index contributed by atoms with van der Waals surface area (Å²) in [5.41, 5.74) is 7.11. The van der Waals surface area contributed by atoms with Crippen LogP contribution in [0.25, 0.3) is 0 Å². The van der Waals surface area contributed by atoms with Gasteiger partial charge in [-0.25, -0.2) is 0 Å². The maximum Gasteiger partial charge on any atom is 0.239 e. The molecule has 1 aliphatic rings. The van der Waals surface area contributed by atoms with Crippen LogP contribution in [0, 0.1) is 0 Å². The van der Waals surface area contributed by atoms with Crippen molar-refractivity contribution in [1.82, 2.24) is 4.90 Å². The Labute approximate surface area is 107 Å². The van der Waals surface area contributed by atoms with Gasteiger partial charge in [0, 0.05) is 13.1 Å². The molecule has 1 aromatic rings. The summed E-state index contributed by atoms with van der Waals surface area (Å²) < 4.78 is 0. The van der Waals surface area contributed by atoms with E-state index in [0.29, 0.717) is 25.9 Å². The highest BCUT2D eigenvalue weighted by Gasteiger charge is 2.27. The summed E-state index contributed by atoms with van der Waals surface area (Å²) >= 11 is 0. The molecule has 2 atom stereocenters. The molecule has 0 unspecified atom stereocenters. The SMILES string of the molecule is N[C@@H](CCc1ccccc1)C(=O)N1CC[C@@H](O)C1. The van der Waals surface area contributed by atoms with Crippen LogP contribution in [-0.4, -0.2) is 41.1 Å². The second-order valence-corrected chi connectivity index (χ2v) is 4.86. The smallest absolute Gasteiger partial charge is 0.239 e. The predicted molar refractivity (Wildman–Crippen MR) is 69.9 cm³/mol. The first-order chi connectivity index (χ1) is 8.66. The van der Waals surface area contributed by atoms with Gasteiger partial charge in [-0.15, -0.1) is 0 Å². The summed E-state index contributed by atoms with van der Waals surface area (Å²) in [5.74, 6) is -0.0394. The normalized spacial score (nSPS) is 21.0. The summed E-state index contributed by atoms with van der Waals surface area (Å²) in [6.07, 6.45) is 1.74. The maximum absolute atomic E-state index is 12.0. The Hall–Kier alpha value is -1.39. The number of hydrogen-bond donors (Lipinski definition) is 2. The van der Waals surface area contributed by atoms with Crippen molar-refractivity contribution in [2.24, 2.45) is 5.73 Å². The van der Waals surface area contributed by atoms with Crippen LogP contribution < -0.4 is 5.73 Å². The Balaban J connectivity index is 1.81. The highest BCUT2D eigenvalue weighted by Crippen LogP contribution is 2.12. The van der Waals surface area contributed by atoms with Crippen molar-refractivity contribution in [3.63, 3.8) is 0 Å². The molecule has 3 N–H and O–H groups in total. The fraction of sp³-hybridized carbons (Fsp3) is 0.500. The number of β-amino-alcohol motifs (C(OH)–C–C–N with tert-alkyl or cyclic N) is 1. The average molecular weight is 248 g/mol. The van der Waals surface area contributed by atoms with Gasteiger partial charge in [0.25, 0.3) is 0 Å². The number of carbonyl (C=O) groups excluding carboxylic acids is 1. The number of aryl methyl sites for hydroxylation is 1. The van der Waals surface area contributed by atoms with Crippen LogP contribution in [0.2, 0.25) is 0 Å². The number of carbonyl (C=O) groups is 1. The third-order valence-corrected chi connectivity index (χ3v) is 3.38. The van der Waals surface area contributed by atoms with E-state index < -0.39 is 6.04 Å². The molecule has 1 aromatic carbocycles. The molecule has 0 saturated carbocycles. The molecule has 0 bridgehead atoms. The number of amides is 1. The molecular weight excluding hydrogens is 228 g/mol. The van der Waals surface area contributed by atoms with Gasteiger partial charge in [-0.3, -0.25) is 4.79 Å². The zero-order valence-electron chi connectivity index (χ0n) is 10.5. The van der Waals surface area contributed by atoms with Gasteiger partial charge in [0.15, 0.2) is 0 Å². The molecule has 18 heavy (non-hydrogen) atoms. The van der Waals surface area contributed by atoms with E-state index in [2.05, 4.69) is 0 Å². The summed E-state index contributed by atoms with van der Waals surface area (Å²) in [6, 6.07) is 9.56. The highest BCUT2D eigenvalue weighted by molar-refractivity contribution is 5.81. The van der Waals surface area contributed by atoms with Crippen LogP contribution in [0.3, 0.4) is 0 Å². The standard InChI is InChI=1S/C14H20N2O2/c15-13(7-6-11-4-2-1-3-5-11)14(18)16-9-8-12(17)10-16/h1-5,12-13,17H,6-10,15H2/t12-,13+/m1/s1. The molecule has 2 rings (SSSR count). The number of aliphatic hydroxyl groups excluding tert-OH is 1. The van der Waals surface area contributed by atoms with Crippen molar-refractivity contribution >= 4 is 5.91 Å². The van der Waals surface area contributed by atoms with Gasteiger partial charge in [0.05, 0.1) is 12.1 Å². The average Bonchev–Trinajstić information content (AvgIpc) is 2.83. The highest BCUT2D eigenvalue weighted by atomic mass is 16.3. The van der Waals surface area contributed by atoms with Crippen molar-refractivity contribution in [3.8, 4) is 0 Å². The second kappa shape index (κ2) is 5.98. The molecular formula is C14H20N2O2. The van der Waals surface area contributed by atoms with Crippen LogP contribution in [0.15, 0.2) is 30.3 Å². The van der Waals surface area contributed by atoms with Crippen LogP contribution in [0.4, 0.5) is 0 Å². The van der Waals surface area contributed by atoms with E-state index in [-0.39, 0.29) is 12.0 Å². The molecule has 1 heterocycles. The molecule has 0 spiro atoms. The Morgan fingerprint density at radius 2 is 2.17 bits per heavy atom. The predicted octanol–water partition coefficient (Wildman–Crippen LogP) is 0.540. The molecule has 1 fully saturated rings. The minimum absolute atomic E-state index is 0.0394. The van der Waals surface area contributed by atoms with Crippen LogP contribution in [-0.2, 0) is 11.2 Å². The summed E-state index contributed by atoms with van der Waals surface area (Å²) in [4.78, 5) is 13.7. The van der Waals surface area contributed by atoms with Crippen LogP contribution in [0.1, 0.15) is 18.4 Å². The van der Waals surface area contributed by atoms with Crippen molar-refractivity contribution in [2.75, 3.05) is 13.1 Å². The number of nitrogens with zero attached hydrogens (tertiary/aromatic N) is 1.